The molecule has 1 heterocycles. The molecule has 0 aromatic heterocycles. The maximum Gasteiger partial charge on any atom is 0.434 e. The average molecular weight is 426 g/mol. The molecule has 1 fully saturated rings. The standard InChI is InChI=1S/C26H35NO4/c1-18-12-19(2)24(20(3)13-18)15-22-14-23(17-29-16-21-10-8-7-9-11-21)31-27(22)25(28)30-26(4,5)6/h7-13,22-23H,14-17H2,1-6H3/t22-,23+/m1/s1. The number of aryl methyl sites for hydroxylation is 3. The third-order valence-corrected chi connectivity index (χ3v) is 5.40. The number of carbonyl (C=O) groups excluding carboxylic acids is 1. The molecule has 1 aliphatic heterocycles. The number of ether oxygens (including phenoxy) is 2. The van der Waals surface area contributed by atoms with Gasteiger partial charge < -0.3 is 9.47 Å². The summed E-state index contributed by atoms with van der Waals surface area (Å²) < 4.78 is 11.5. The summed E-state index contributed by atoms with van der Waals surface area (Å²) in [7, 11) is 0. The van der Waals surface area contributed by atoms with E-state index >= 15 is 0 Å². The third kappa shape index (κ3) is 6.55. The van der Waals surface area contributed by atoms with Gasteiger partial charge in [0, 0.05) is 6.42 Å². The maximum absolute atomic E-state index is 12.9. The van der Waals surface area contributed by atoms with E-state index in [-0.39, 0.29) is 12.1 Å². The molecule has 3 rings (SSSR count). The first-order valence-corrected chi connectivity index (χ1v) is 11.0. The molecule has 0 radical (unpaired) electrons. The van der Waals surface area contributed by atoms with Crippen LogP contribution < -0.4 is 0 Å². The van der Waals surface area contributed by atoms with Gasteiger partial charge in [0.2, 0.25) is 0 Å². The summed E-state index contributed by atoms with van der Waals surface area (Å²) in [6.45, 7) is 12.9. The van der Waals surface area contributed by atoms with E-state index in [0.29, 0.717) is 19.6 Å². The van der Waals surface area contributed by atoms with Gasteiger partial charge in [-0.3, -0.25) is 4.84 Å². The zero-order valence-corrected chi connectivity index (χ0v) is 19.6. The SMILES string of the molecule is Cc1cc(C)c(C[C@H]2C[C@@H](COCc3ccccc3)ON2C(=O)OC(C)(C)C)c(C)c1. The van der Waals surface area contributed by atoms with Crippen molar-refractivity contribution in [2.24, 2.45) is 0 Å². The molecule has 2 aromatic rings. The van der Waals surface area contributed by atoms with Gasteiger partial charge in [0.25, 0.3) is 0 Å². The quantitative estimate of drug-likeness (QED) is 0.597. The summed E-state index contributed by atoms with van der Waals surface area (Å²) in [5.74, 6) is 0. The molecule has 0 spiro atoms. The van der Waals surface area contributed by atoms with Crippen molar-refractivity contribution in [1.29, 1.82) is 0 Å². The van der Waals surface area contributed by atoms with Crippen molar-refractivity contribution in [2.75, 3.05) is 6.61 Å². The van der Waals surface area contributed by atoms with Crippen LogP contribution >= 0.6 is 0 Å². The fourth-order valence-corrected chi connectivity index (χ4v) is 4.10. The van der Waals surface area contributed by atoms with Crippen LogP contribution in [-0.4, -0.2) is 35.5 Å². The van der Waals surface area contributed by atoms with E-state index in [4.69, 9.17) is 14.3 Å². The lowest BCUT2D eigenvalue weighted by Crippen LogP contribution is -2.40. The van der Waals surface area contributed by atoms with Crippen molar-refractivity contribution >= 4 is 6.09 Å². The first kappa shape index (κ1) is 23.3. The summed E-state index contributed by atoms with van der Waals surface area (Å²) >= 11 is 0. The topological polar surface area (TPSA) is 48.0 Å². The van der Waals surface area contributed by atoms with E-state index in [1.807, 2.05) is 51.1 Å². The zero-order valence-electron chi connectivity index (χ0n) is 19.6. The van der Waals surface area contributed by atoms with Crippen LogP contribution in [0.25, 0.3) is 0 Å². The lowest BCUT2D eigenvalue weighted by Gasteiger charge is -2.27. The van der Waals surface area contributed by atoms with Gasteiger partial charge in [0.1, 0.15) is 11.7 Å². The predicted octanol–water partition coefficient (Wildman–Crippen LogP) is 5.68. The van der Waals surface area contributed by atoms with E-state index in [2.05, 4.69) is 32.9 Å². The zero-order chi connectivity index (χ0) is 22.6. The Labute approximate surface area is 186 Å². The minimum Gasteiger partial charge on any atom is -0.442 e. The first-order valence-electron chi connectivity index (χ1n) is 11.0. The molecule has 1 amide bonds. The number of carbonyl (C=O) groups is 1. The molecule has 0 bridgehead atoms. The third-order valence-electron chi connectivity index (χ3n) is 5.40. The highest BCUT2D eigenvalue weighted by atomic mass is 16.7. The Morgan fingerprint density at radius 3 is 2.35 bits per heavy atom. The van der Waals surface area contributed by atoms with Crippen LogP contribution in [0.1, 0.15) is 55.0 Å². The van der Waals surface area contributed by atoms with E-state index in [0.717, 1.165) is 12.0 Å². The van der Waals surface area contributed by atoms with Crippen LogP contribution in [0.3, 0.4) is 0 Å². The molecular formula is C26H35NO4. The Morgan fingerprint density at radius 2 is 1.74 bits per heavy atom. The molecule has 0 saturated carbocycles. The normalized spacial score (nSPS) is 19.0. The second kappa shape index (κ2) is 9.84. The number of hydrogen-bond acceptors (Lipinski definition) is 4. The predicted molar refractivity (Wildman–Crippen MR) is 122 cm³/mol. The van der Waals surface area contributed by atoms with Crippen molar-refractivity contribution in [3.8, 4) is 0 Å². The fourth-order valence-electron chi connectivity index (χ4n) is 4.10. The van der Waals surface area contributed by atoms with Crippen LogP contribution in [0.4, 0.5) is 4.79 Å². The number of amides is 1. The van der Waals surface area contributed by atoms with Gasteiger partial charge in [-0.05, 0) is 70.2 Å². The van der Waals surface area contributed by atoms with E-state index in [9.17, 15) is 4.79 Å². The lowest BCUT2D eigenvalue weighted by molar-refractivity contribution is -0.162. The molecule has 0 unspecified atom stereocenters. The molecule has 1 aliphatic rings. The Balaban J connectivity index is 1.70. The van der Waals surface area contributed by atoms with Crippen molar-refractivity contribution in [3.63, 3.8) is 0 Å². The molecular weight excluding hydrogens is 390 g/mol. The Hall–Kier alpha value is -2.37. The van der Waals surface area contributed by atoms with Crippen molar-refractivity contribution in [1.82, 2.24) is 5.06 Å². The largest absolute Gasteiger partial charge is 0.442 e. The highest BCUT2D eigenvalue weighted by Gasteiger charge is 2.39. The van der Waals surface area contributed by atoms with E-state index in [1.165, 1.54) is 27.3 Å². The van der Waals surface area contributed by atoms with Gasteiger partial charge >= 0.3 is 6.09 Å². The summed E-state index contributed by atoms with van der Waals surface area (Å²) in [5, 5.41) is 1.43. The van der Waals surface area contributed by atoms with Crippen LogP contribution in [0.2, 0.25) is 0 Å². The van der Waals surface area contributed by atoms with Crippen LogP contribution in [0, 0.1) is 20.8 Å². The van der Waals surface area contributed by atoms with Crippen LogP contribution in [0.15, 0.2) is 42.5 Å². The number of rotatable bonds is 6. The molecule has 0 aliphatic carbocycles. The highest BCUT2D eigenvalue weighted by molar-refractivity contribution is 5.67. The minimum absolute atomic E-state index is 0.0970. The van der Waals surface area contributed by atoms with Crippen molar-refractivity contribution in [3.05, 3.63) is 70.3 Å². The number of nitrogens with zero attached hydrogens (tertiary/aromatic N) is 1. The maximum atomic E-state index is 12.9. The molecule has 5 nitrogen and oxygen atoms in total. The first-order chi connectivity index (χ1) is 14.6. The molecule has 2 atom stereocenters. The fraction of sp³-hybridized carbons (Fsp3) is 0.500. The minimum atomic E-state index is -0.581. The number of hydroxylamine groups is 2. The molecule has 5 heteroatoms. The molecule has 0 N–H and O–H groups in total. The molecule has 1 saturated heterocycles. The average Bonchev–Trinajstić information content (AvgIpc) is 3.07. The van der Waals surface area contributed by atoms with Gasteiger partial charge in [0.05, 0.1) is 19.3 Å². The van der Waals surface area contributed by atoms with E-state index in [1.54, 1.807) is 0 Å². The smallest absolute Gasteiger partial charge is 0.434 e. The van der Waals surface area contributed by atoms with Crippen LogP contribution in [0.5, 0.6) is 0 Å². The monoisotopic (exact) mass is 425 g/mol. The summed E-state index contributed by atoms with van der Waals surface area (Å²) in [4.78, 5) is 18.9. The van der Waals surface area contributed by atoms with Crippen molar-refractivity contribution < 1.29 is 19.1 Å². The van der Waals surface area contributed by atoms with Gasteiger partial charge in [-0.2, -0.15) is 5.06 Å². The van der Waals surface area contributed by atoms with Gasteiger partial charge in [0.15, 0.2) is 0 Å². The second-order valence-corrected chi connectivity index (χ2v) is 9.51. The highest BCUT2D eigenvalue weighted by Crippen LogP contribution is 2.29. The van der Waals surface area contributed by atoms with Gasteiger partial charge in [-0.25, -0.2) is 4.79 Å². The summed E-state index contributed by atoms with van der Waals surface area (Å²) in [5.41, 5.74) is 5.53. The second-order valence-electron chi connectivity index (χ2n) is 9.51. The Kier molecular flexibility index (Phi) is 7.39. The summed E-state index contributed by atoms with van der Waals surface area (Å²) in [6, 6.07) is 14.3. The van der Waals surface area contributed by atoms with Gasteiger partial charge in [-0.15, -0.1) is 0 Å². The number of benzene rings is 2. The molecule has 31 heavy (non-hydrogen) atoms. The summed E-state index contributed by atoms with van der Waals surface area (Å²) in [6.07, 6.45) is 0.811. The number of hydrogen-bond donors (Lipinski definition) is 0. The lowest BCUT2D eigenvalue weighted by atomic mass is 9.93. The van der Waals surface area contributed by atoms with E-state index < -0.39 is 11.7 Å². The van der Waals surface area contributed by atoms with Crippen molar-refractivity contribution in [2.45, 2.75) is 78.7 Å². The Bertz CT molecular complexity index is 865. The van der Waals surface area contributed by atoms with Gasteiger partial charge in [-0.1, -0.05) is 48.0 Å². The molecule has 2 aromatic carbocycles. The van der Waals surface area contributed by atoms with Crippen LogP contribution in [-0.2, 0) is 27.3 Å². The molecule has 168 valence electrons. The Morgan fingerprint density at radius 1 is 1.10 bits per heavy atom.